The van der Waals surface area contributed by atoms with Crippen LogP contribution in [0.15, 0.2) is 24.3 Å². The van der Waals surface area contributed by atoms with Crippen LogP contribution in [0.4, 0.5) is 0 Å². The summed E-state index contributed by atoms with van der Waals surface area (Å²) in [4.78, 5) is 0. The standard InChI is InChI=1S/C16H27NO/c1-4-5-6-15-7-9-16(10-8-15)14(3)17-12-11-13(2)18/h7-10,13-14,17-18H,4-6,11-12H2,1-3H3. The number of benzene rings is 1. The van der Waals surface area contributed by atoms with Crippen LogP contribution in [-0.2, 0) is 6.42 Å². The molecule has 0 aromatic heterocycles. The molecular formula is C16H27NO. The molecule has 0 aliphatic heterocycles. The Balaban J connectivity index is 2.40. The van der Waals surface area contributed by atoms with Gasteiger partial charge in [0.05, 0.1) is 6.10 Å². The predicted molar refractivity (Wildman–Crippen MR) is 77.8 cm³/mol. The van der Waals surface area contributed by atoms with Gasteiger partial charge in [0, 0.05) is 6.04 Å². The molecule has 0 amide bonds. The number of aryl methyl sites for hydroxylation is 1. The lowest BCUT2D eigenvalue weighted by molar-refractivity contribution is 0.182. The number of aliphatic hydroxyl groups excluding tert-OH is 1. The summed E-state index contributed by atoms with van der Waals surface area (Å²) >= 11 is 0. The Hall–Kier alpha value is -0.860. The maximum absolute atomic E-state index is 9.21. The van der Waals surface area contributed by atoms with E-state index >= 15 is 0 Å². The molecule has 2 N–H and O–H groups in total. The van der Waals surface area contributed by atoms with Gasteiger partial charge < -0.3 is 10.4 Å². The van der Waals surface area contributed by atoms with Gasteiger partial charge in [0.1, 0.15) is 0 Å². The summed E-state index contributed by atoms with van der Waals surface area (Å²) in [6, 6.07) is 9.25. The number of hydrogen-bond acceptors (Lipinski definition) is 2. The molecule has 2 unspecified atom stereocenters. The van der Waals surface area contributed by atoms with Gasteiger partial charge in [0.15, 0.2) is 0 Å². The van der Waals surface area contributed by atoms with Gasteiger partial charge in [-0.15, -0.1) is 0 Å². The molecule has 1 aromatic rings. The van der Waals surface area contributed by atoms with Crippen molar-refractivity contribution in [3.8, 4) is 0 Å². The van der Waals surface area contributed by atoms with Crippen LogP contribution in [0.25, 0.3) is 0 Å². The van der Waals surface area contributed by atoms with E-state index < -0.39 is 0 Å². The molecule has 0 radical (unpaired) electrons. The molecule has 18 heavy (non-hydrogen) atoms. The second-order valence-corrected chi connectivity index (χ2v) is 5.16. The molecular weight excluding hydrogens is 222 g/mol. The number of hydrogen-bond donors (Lipinski definition) is 2. The van der Waals surface area contributed by atoms with Gasteiger partial charge in [-0.05, 0) is 50.8 Å². The molecule has 0 saturated heterocycles. The zero-order valence-corrected chi connectivity index (χ0v) is 11.9. The Kier molecular flexibility index (Phi) is 6.99. The highest BCUT2D eigenvalue weighted by Gasteiger charge is 2.05. The average Bonchev–Trinajstić information content (AvgIpc) is 2.36. The second-order valence-electron chi connectivity index (χ2n) is 5.16. The minimum atomic E-state index is -0.221. The SMILES string of the molecule is CCCCc1ccc(C(C)NCCC(C)O)cc1. The van der Waals surface area contributed by atoms with Gasteiger partial charge in [-0.3, -0.25) is 0 Å². The molecule has 0 saturated carbocycles. The summed E-state index contributed by atoms with van der Waals surface area (Å²) < 4.78 is 0. The summed E-state index contributed by atoms with van der Waals surface area (Å²) in [5.41, 5.74) is 2.75. The summed E-state index contributed by atoms with van der Waals surface area (Å²) in [5, 5.41) is 12.6. The van der Waals surface area contributed by atoms with Crippen LogP contribution in [-0.4, -0.2) is 17.8 Å². The van der Waals surface area contributed by atoms with Gasteiger partial charge in [0.2, 0.25) is 0 Å². The minimum Gasteiger partial charge on any atom is -0.393 e. The first-order valence-electron chi connectivity index (χ1n) is 7.13. The van der Waals surface area contributed by atoms with Crippen LogP contribution < -0.4 is 5.32 Å². The van der Waals surface area contributed by atoms with Crippen LogP contribution >= 0.6 is 0 Å². The molecule has 1 aromatic carbocycles. The number of rotatable bonds is 8. The van der Waals surface area contributed by atoms with E-state index in [2.05, 4.69) is 43.4 Å². The van der Waals surface area contributed by atoms with E-state index in [4.69, 9.17) is 0 Å². The van der Waals surface area contributed by atoms with E-state index in [-0.39, 0.29) is 6.10 Å². The smallest absolute Gasteiger partial charge is 0.0524 e. The van der Waals surface area contributed by atoms with Crippen LogP contribution in [0.1, 0.15) is 57.2 Å². The fraction of sp³-hybridized carbons (Fsp3) is 0.625. The highest BCUT2D eigenvalue weighted by Crippen LogP contribution is 2.14. The maximum Gasteiger partial charge on any atom is 0.0524 e. The quantitative estimate of drug-likeness (QED) is 0.739. The van der Waals surface area contributed by atoms with Crippen LogP contribution in [0.2, 0.25) is 0 Å². The minimum absolute atomic E-state index is 0.221. The number of aliphatic hydroxyl groups is 1. The van der Waals surface area contributed by atoms with Crippen molar-refractivity contribution in [2.45, 2.75) is 58.6 Å². The van der Waals surface area contributed by atoms with Gasteiger partial charge in [-0.2, -0.15) is 0 Å². The summed E-state index contributed by atoms with van der Waals surface area (Å²) in [5.74, 6) is 0. The van der Waals surface area contributed by atoms with Crippen LogP contribution in [0.5, 0.6) is 0 Å². The molecule has 0 heterocycles. The average molecular weight is 249 g/mol. The summed E-state index contributed by atoms with van der Waals surface area (Å²) in [6.45, 7) is 7.08. The molecule has 1 rings (SSSR count). The lowest BCUT2D eigenvalue weighted by Crippen LogP contribution is -2.22. The van der Waals surface area contributed by atoms with Crippen LogP contribution in [0, 0.1) is 0 Å². The van der Waals surface area contributed by atoms with Gasteiger partial charge in [0.25, 0.3) is 0 Å². The molecule has 2 heteroatoms. The predicted octanol–water partition coefficient (Wildman–Crippen LogP) is 3.45. The van der Waals surface area contributed by atoms with E-state index in [0.717, 1.165) is 13.0 Å². The van der Waals surface area contributed by atoms with Gasteiger partial charge in [-0.1, -0.05) is 37.6 Å². The van der Waals surface area contributed by atoms with E-state index in [1.165, 1.54) is 30.4 Å². The molecule has 2 nitrogen and oxygen atoms in total. The van der Waals surface area contributed by atoms with E-state index in [1.54, 1.807) is 0 Å². The Bertz CT molecular complexity index is 318. The van der Waals surface area contributed by atoms with Gasteiger partial charge >= 0.3 is 0 Å². The fourth-order valence-corrected chi connectivity index (χ4v) is 1.98. The molecule has 2 atom stereocenters. The summed E-state index contributed by atoms with van der Waals surface area (Å²) in [6.07, 6.45) is 4.28. The third kappa shape index (κ3) is 5.65. The van der Waals surface area contributed by atoms with Crippen molar-refractivity contribution < 1.29 is 5.11 Å². The molecule has 0 fully saturated rings. The third-order valence-corrected chi connectivity index (χ3v) is 3.31. The largest absolute Gasteiger partial charge is 0.393 e. The normalized spacial score (nSPS) is 14.4. The molecule has 102 valence electrons. The molecule has 0 bridgehead atoms. The van der Waals surface area contributed by atoms with Crippen molar-refractivity contribution >= 4 is 0 Å². The Morgan fingerprint density at radius 2 is 1.83 bits per heavy atom. The fourth-order valence-electron chi connectivity index (χ4n) is 1.98. The van der Waals surface area contributed by atoms with Crippen molar-refractivity contribution in [2.24, 2.45) is 0 Å². The molecule has 0 aliphatic carbocycles. The monoisotopic (exact) mass is 249 g/mol. The van der Waals surface area contributed by atoms with Crippen molar-refractivity contribution in [2.75, 3.05) is 6.54 Å². The zero-order valence-electron chi connectivity index (χ0n) is 11.9. The Labute approximate surface area is 111 Å². The highest BCUT2D eigenvalue weighted by molar-refractivity contribution is 5.24. The second kappa shape index (κ2) is 8.28. The van der Waals surface area contributed by atoms with Gasteiger partial charge in [-0.25, -0.2) is 0 Å². The lowest BCUT2D eigenvalue weighted by Gasteiger charge is -2.15. The maximum atomic E-state index is 9.21. The first-order chi connectivity index (χ1) is 8.63. The molecule has 0 spiro atoms. The first kappa shape index (κ1) is 15.2. The van der Waals surface area contributed by atoms with Crippen LogP contribution in [0.3, 0.4) is 0 Å². The topological polar surface area (TPSA) is 32.3 Å². The van der Waals surface area contributed by atoms with Crippen molar-refractivity contribution in [3.05, 3.63) is 35.4 Å². The Morgan fingerprint density at radius 1 is 1.17 bits per heavy atom. The van der Waals surface area contributed by atoms with Crippen molar-refractivity contribution in [1.29, 1.82) is 0 Å². The zero-order chi connectivity index (χ0) is 13.4. The molecule has 0 aliphatic rings. The number of nitrogens with one attached hydrogen (secondary N) is 1. The summed E-state index contributed by atoms with van der Waals surface area (Å²) in [7, 11) is 0. The third-order valence-electron chi connectivity index (χ3n) is 3.31. The number of unbranched alkanes of at least 4 members (excludes halogenated alkanes) is 1. The Morgan fingerprint density at radius 3 is 2.39 bits per heavy atom. The van der Waals surface area contributed by atoms with E-state index in [9.17, 15) is 5.11 Å². The van der Waals surface area contributed by atoms with Crippen molar-refractivity contribution in [1.82, 2.24) is 5.32 Å². The first-order valence-corrected chi connectivity index (χ1v) is 7.13. The van der Waals surface area contributed by atoms with Crippen molar-refractivity contribution in [3.63, 3.8) is 0 Å². The van der Waals surface area contributed by atoms with E-state index in [0.29, 0.717) is 6.04 Å². The highest BCUT2D eigenvalue weighted by atomic mass is 16.3. The van der Waals surface area contributed by atoms with E-state index in [1.807, 2.05) is 6.92 Å². The lowest BCUT2D eigenvalue weighted by atomic mass is 10.0.